The summed E-state index contributed by atoms with van der Waals surface area (Å²) in [6.45, 7) is 6.06. The second-order valence-corrected chi connectivity index (χ2v) is 4.90. The molecule has 0 radical (unpaired) electrons. The van der Waals surface area contributed by atoms with Crippen molar-refractivity contribution in [1.29, 1.82) is 0 Å². The highest BCUT2D eigenvalue weighted by molar-refractivity contribution is 5.68. The van der Waals surface area contributed by atoms with Crippen molar-refractivity contribution in [3.63, 3.8) is 0 Å². The van der Waals surface area contributed by atoms with Crippen molar-refractivity contribution in [3.8, 4) is 5.75 Å². The van der Waals surface area contributed by atoms with E-state index in [0.29, 0.717) is 5.69 Å². The largest absolute Gasteiger partial charge is 0.491 e. The Kier molecular flexibility index (Phi) is 3.95. The van der Waals surface area contributed by atoms with E-state index in [1.54, 1.807) is 0 Å². The van der Waals surface area contributed by atoms with Crippen LogP contribution in [0.25, 0.3) is 0 Å². The van der Waals surface area contributed by atoms with Crippen LogP contribution in [0.5, 0.6) is 5.75 Å². The van der Waals surface area contributed by atoms with E-state index >= 15 is 0 Å². The molecule has 2 aromatic carbocycles. The zero-order chi connectivity index (χ0) is 13.8. The Balaban J connectivity index is 2.25. The molecule has 0 amide bonds. The summed E-state index contributed by atoms with van der Waals surface area (Å²) in [7, 11) is 0. The highest BCUT2D eigenvalue weighted by Crippen LogP contribution is 2.27. The number of hydrogen-bond acceptors (Lipinski definition) is 3. The third-order valence-corrected chi connectivity index (χ3v) is 2.72. The third kappa shape index (κ3) is 3.65. The molecule has 100 valence electrons. The van der Waals surface area contributed by atoms with Crippen LogP contribution in [-0.2, 0) is 0 Å². The minimum absolute atomic E-state index is 0.133. The van der Waals surface area contributed by atoms with Crippen LogP contribution in [0.15, 0.2) is 42.5 Å². The van der Waals surface area contributed by atoms with E-state index in [-0.39, 0.29) is 6.10 Å². The van der Waals surface area contributed by atoms with Gasteiger partial charge in [0.15, 0.2) is 0 Å². The molecule has 0 aliphatic rings. The molecule has 0 atom stereocenters. The van der Waals surface area contributed by atoms with Gasteiger partial charge in [-0.3, -0.25) is 0 Å². The van der Waals surface area contributed by atoms with Gasteiger partial charge in [-0.15, -0.1) is 0 Å². The first-order valence-electron chi connectivity index (χ1n) is 6.44. The fourth-order valence-corrected chi connectivity index (χ4v) is 1.90. The Bertz CT molecular complexity index is 564. The van der Waals surface area contributed by atoms with Crippen LogP contribution in [0.2, 0.25) is 0 Å². The second-order valence-electron chi connectivity index (χ2n) is 4.90. The molecule has 0 fully saturated rings. The fourth-order valence-electron chi connectivity index (χ4n) is 1.90. The van der Waals surface area contributed by atoms with E-state index < -0.39 is 0 Å². The van der Waals surface area contributed by atoms with E-state index in [1.807, 2.05) is 50.2 Å². The predicted octanol–water partition coefficient (Wildman–Crippen LogP) is 4.11. The topological polar surface area (TPSA) is 47.3 Å². The van der Waals surface area contributed by atoms with Crippen LogP contribution in [0.3, 0.4) is 0 Å². The minimum Gasteiger partial charge on any atom is -0.491 e. The molecule has 0 saturated carbocycles. The highest BCUT2D eigenvalue weighted by atomic mass is 16.5. The van der Waals surface area contributed by atoms with Crippen molar-refractivity contribution < 1.29 is 4.74 Å². The lowest BCUT2D eigenvalue weighted by molar-refractivity contribution is 0.242. The molecule has 19 heavy (non-hydrogen) atoms. The van der Waals surface area contributed by atoms with E-state index in [9.17, 15) is 0 Å². The summed E-state index contributed by atoms with van der Waals surface area (Å²) in [6.07, 6.45) is 0.133. The smallest absolute Gasteiger partial charge is 0.123 e. The van der Waals surface area contributed by atoms with Crippen molar-refractivity contribution in [2.24, 2.45) is 0 Å². The van der Waals surface area contributed by atoms with Gasteiger partial charge in [-0.2, -0.15) is 0 Å². The van der Waals surface area contributed by atoms with Gasteiger partial charge >= 0.3 is 0 Å². The number of nitrogen functional groups attached to an aromatic ring is 1. The first-order chi connectivity index (χ1) is 9.04. The van der Waals surface area contributed by atoms with Gasteiger partial charge in [0.05, 0.1) is 6.10 Å². The lowest BCUT2D eigenvalue weighted by atomic mass is 10.2. The molecule has 3 nitrogen and oxygen atoms in total. The molecule has 2 rings (SSSR count). The number of ether oxygens (including phenoxy) is 1. The molecule has 3 N–H and O–H groups in total. The summed E-state index contributed by atoms with van der Waals surface area (Å²) < 4.78 is 5.68. The quantitative estimate of drug-likeness (QED) is 0.809. The van der Waals surface area contributed by atoms with Gasteiger partial charge in [0, 0.05) is 29.2 Å². The zero-order valence-electron chi connectivity index (χ0n) is 11.6. The van der Waals surface area contributed by atoms with Crippen molar-refractivity contribution >= 4 is 17.1 Å². The maximum atomic E-state index is 5.91. The monoisotopic (exact) mass is 256 g/mol. The van der Waals surface area contributed by atoms with Gasteiger partial charge in [-0.05, 0) is 38.5 Å². The molecule has 0 aliphatic carbocycles. The first kappa shape index (κ1) is 13.3. The average Bonchev–Trinajstić information content (AvgIpc) is 2.30. The molecule has 3 heteroatoms. The fraction of sp³-hybridized carbons (Fsp3) is 0.250. The second kappa shape index (κ2) is 5.65. The molecule has 0 unspecified atom stereocenters. The summed E-state index contributed by atoms with van der Waals surface area (Å²) in [6, 6.07) is 13.8. The Morgan fingerprint density at radius 1 is 1.11 bits per heavy atom. The molecular weight excluding hydrogens is 236 g/mol. The first-order valence-corrected chi connectivity index (χ1v) is 6.44. The van der Waals surface area contributed by atoms with E-state index in [2.05, 4.69) is 18.3 Å². The number of aryl methyl sites for hydroxylation is 1. The Morgan fingerprint density at radius 2 is 1.84 bits per heavy atom. The molecule has 2 aromatic rings. The Hall–Kier alpha value is -2.16. The van der Waals surface area contributed by atoms with Crippen LogP contribution in [0.4, 0.5) is 17.1 Å². The Morgan fingerprint density at radius 3 is 2.53 bits per heavy atom. The van der Waals surface area contributed by atoms with Crippen molar-refractivity contribution in [2.75, 3.05) is 11.1 Å². The van der Waals surface area contributed by atoms with E-state index in [0.717, 1.165) is 17.1 Å². The number of para-hydroxylation sites is 1. The van der Waals surface area contributed by atoms with Crippen LogP contribution >= 0.6 is 0 Å². The summed E-state index contributed by atoms with van der Waals surface area (Å²) in [5.74, 6) is 0.783. The van der Waals surface area contributed by atoms with Gasteiger partial charge in [-0.1, -0.05) is 18.2 Å². The van der Waals surface area contributed by atoms with Crippen LogP contribution < -0.4 is 15.8 Å². The molecular formula is C16H20N2O. The van der Waals surface area contributed by atoms with Crippen molar-refractivity contribution in [2.45, 2.75) is 26.9 Å². The molecule has 0 heterocycles. The summed E-state index contributed by atoms with van der Waals surface area (Å²) in [5.41, 5.74) is 9.79. The van der Waals surface area contributed by atoms with E-state index in [4.69, 9.17) is 10.5 Å². The average molecular weight is 256 g/mol. The molecule has 0 aromatic heterocycles. The normalized spacial score (nSPS) is 10.5. The van der Waals surface area contributed by atoms with Gasteiger partial charge in [-0.25, -0.2) is 0 Å². The van der Waals surface area contributed by atoms with E-state index in [1.165, 1.54) is 5.56 Å². The highest BCUT2D eigenvalue weighted by Gasteiger charge is 2.04. The third-order valence-electron chi connectivity index (χ3n) is 2.72. The maximum absolute atomic E-state index is 5.91. The van der Waals surface area contributed by atoms with Crippen LogP contribution in [0, 0.1) is 6.92 Å². The standard InChI is InChI=1S/C16H20N2O/c1-11(2)19-15-9-13(17)8-14(10-15)18-16-7-5-4-6-12(16)3/h4-11,18H,17H2,1-3H3. The van der Waals surface area contributed by atoms with Gasteiger partial charge in [0.25, 0.3) is 0 Å². The number of benzene rings is 2. The van der Waals surface area contributed by atoms with Crippen molar-refractivity contribution in [1.82, 2.24) is 0 Å². The molecule has 0 saturated heterocycles. The number of nitrogens with two attached hydrogens (primary N) is 1. The predicted molar refractivity (Wildman–Crippen MR) is 81.1 cm³/mol. The lowest BCUT2D eigenvalue weighted by Gasteiger charge is -2.14. The SMILES string of the molecule is Cc1ccccc1Nc1cc(N)cc(OC(C)C)c1. The maximum Gasteiger partial charge on any atom is 0.123 e. The van der Waals surface area contributed by atoms with Crippen molar-refractivity contribution in [3.05, 3.63) is 48.0 Å². The number of anilines is 3. The van der Waals surface area contributed by atoms with Gasteiger partial charge in [0.1, 0.15) is 5.75 Å². The van der Waals surface area contributed by atoms with Gasteiger partial charge in [0.2, 0.25) is 0 Å². The molecule has 0 spiro atoms. The Labute approximate surface area is 114 Å². The van der Waals surface area contributed by atoms with Crippen LogP contribution in [-0.4, -0.2) is 6.10 Å². The molecule has 0 aliphatic heterocycles. The van der Waals surface area contributed by atoms with Crippen LogP contribution in [0.1, 0.15) is 19.4 Å². The molecule has 0 bridgehead atoms. The number of nitrogens with one attached hydrogen (secondary N) is 1. The zero-order valence-corrected chi connectivity index (χ0v) is 11.6. The lowest BCUT2D eigenvalue weighted by Crippen LogP contribution is -2.06. The minimum atomic E-state index is 0.133. The number of rotatable bonds is 4. The van der Waals surface area contributed by atoms with Gasteiger partial charge < -0.3 is 15.8 Å². The summed E-state index contributed by atoms with van der Waals surface area (Å²) in [5, 5.41) is 3.37. The summed E-state index contributed by atoms with van der Waals surface area (Å²) in [4.78, 5) is 0. The number of hydrogen-bond donors (Lipinski definition) is 2. The summed E-state index contributed by atoms with van der Waals surface area (Å²) >= 11 is 0.